The van der Waals surface area contributed by atoms with Gasteiger partial charge >= 0.3 is 12.1 Å². The van der Waals surface area contributed by atoms with Crippen LogP contribution in [0.2, 0.25) is 0 Å². The summed E-state index contributed by atoms with van der Waals surface area (Å²) >= 11 is 0. The van der Waals surface area contributed by atoms with E-state index in [1.54, 1.807) is 6.92 Å². The molecular formula is C27H32N2O6. The van der Waals surface area contributed by atoms with E-state index in [0.717, 1.165) is 17.5 Å². The second kappa shape index (κ2) is 10.9. The number of hydrogen-bond donors (Lipinski definition) is 3. The van der Waals surface area contributed by atoms with Gasteiger partial charge in [0.15, 0.2) is 0 Å². The van der Waals surface area contributed by atoms with Gasteiger partial charge in [0.2, 0.25) is 5.91 Å². The van der Waals surface area contributed by atoms with Crippen molar-refractivity contribution in [1.82, 2.24) is 10.6 Å². The number of nitrogens with one attached hydrogen (secondary N) is 2. The molecule has 186 valence electrons. The van der Waals surface area contributed by atoms with Gasteiger partial charge < -0.3 is 25.2 Å². The molecule has 0 saturated heterocycles. The van der Waals surface area contributed by atoms with Crippen LogP contribution in [0.4, 0.5) is 4.79 Å². The van der Waals surface area contributed by atoms with Crippen molar-refractivity contribution in [3.63, 3.8) is 0 Å². The van der Waals surface area contributed by atoms with E-state index in [0.29, 0.717) is 12.8 Å². The summed E-state index contributed by atoms with van der Waals surface area (Å²) in [5.74, 6) is -1.10. The fraction of sp³-hybridized carbons (Fsp3) is 0.444. The van der Waals surface area contributed by atoms with Gasteiger partial charge in [0.25, 0.3) is 0 Å². The van der Waals surface area contributed by atoms with Crippen molar-refractivity contribution in [1.29, 1.82) is 0 Å². The number of rotatable bonds is 10. The first kappa shape index (κ1) is 24.7. The van der Waals surface area contributed by atoms with Gasteiger partial charge in [0.1, 0.15) is 6.61 Å². The number of benzene rings is 2. The quantitative estimate of drug-likeness (QED) is 0.447. The van der Waals surface area contributed by atoms with Crippen LogP contribution in [0, 0.1) is 5.41 Å². The van der Waals surface area contributed by atoms with Crippen LogP contribution in [0.1, 0.15) is 49.7 Å². The van der Waals surface area contributed by atoms with Crippen molar-refractivity contribution in [2.24, 2.45) is 5.41 Å². The van der Waals surface area contributed by atoms with Crippen LogP contribution in [-0.2, 0) is 19.1 Å². The summed E-state index contributed by atoms with van der Waals surface area (Å²) in [6, 6.07) is 16.0. The van der Waals surface area contributed by atoms with E-state index in [2.05, 4.69) is 34.9 Å². The Bertz CT molecular complexity index is 1040. The average molecular weight is 481 g/mol. The molecule has 2 aliphatic rings. The maximum atomic E-state index is 12.2. The average Bonchev–Trinajstić information content (AvgIpc) is 3.38. The molecule has 0 bridgehead atoms. The van der Waals surface area contributed by atoms with Crippen LogP contribution >= 0.6 is 0 Å². The summed E-state index contributed by atoms with van der Waals surface area (Å²) in [4.78, 5) is 35.8. The minimum Gasteiger partial charge on any atom is -0.481 e. The van der Waals surface area contributed by atoms with E-state index in [-0.39, 0.29) is 50.7 Å². The molecule has 1 saturated carbocycles. The van der Waals surface area contributed by atoms with E-state index >= 15 is 0 Å². The lowest BCUT2D eigenvalue weighted by molar-refractivity contribution is -0.149. The topological polar surface area (TPSA) is 114 Å². The Labute approximate surface area is 205 Å². The molecule has 0 spiro atoms. The maximum Gasteiger partial charge on any atom is 0.407 e. The summed E-state index contributed by atoms with van der Waals surface area (Å²) in [6.45, 7) is 2.62. The molecule has 0 aromatic heterocycles. The third kappa shape index (κ3) is 5.48. The minimum atomic E-state index is -0.913. The van der Waals surface area contributed by atoms with Crippen molar-refractivity contribution in [2.75, 3.05) is 26.4 Å². The number of carboxylic acids is 1. The molecule has 3 N–H and O–H groups in total. The van der Waals surface area contributed by atoms with Gasteiger partial charge in [-0.15, -0.1) is 0 Å². The smallest absolute Gasteiger partial charge is 0.407 e. The molecular weight excluding hydrogens is 448 g/mol. The Hall–Kier alpha value is -3.39. The second-order valence-corrected chi connectivity index (χ2v) is 9.35. The van der Waals surface area contributed by atoms with Gasteiger partial charge in [-0.2, -0.15) is 0 Å². The molecule has 0 aliphatic heterocycles. The second-order valence-electron chi connectivity index (χ2n) is 9.35. The van der Waals surface area contributed by atoms with E-state index in [1.165, 1.54) is 11.1 Å². The van der Waals surface area contributed by atoms with E-state index < -0.39 is 17.5 Å². The lowest BCUT2D eigenvalue weighted by Gasteiger charge is -2.27. The van der Waals surface area contributed by atoms with Crippen molar-refractivity contribution < 1.29 is 29.0 Å². The first-order valence-electron chi connectivity index (χ1n) is 12.1. The number of fused-ring (bicyclic) bond motifs is 3. The molecule has 2 unspecified atom stereocenters. The number of carboxylic acid groups (broad SMARTS) is 1. The monoisotopic (exact) mass is 480 g/mol. The van der Waals surface area contributed by atoms with Gasteiger partial charge in [0, 0.05) is 24.9 Å². The molecule has 8 heteroatoms. The van der Waals surface area contributed by atoms with Crippen LogP contribution in [0.3, 0.4) is 0 Å². The fourth-order valence-corrected chi connectivity index (χ4v) is 5.06. The highest BCUT2D eigenvalue weighted by Gasteiger charge is 2.45. The first-order valence-corrected chi connectivity index (χ1v) is 12.1. The number of amides is 2. The molecule has 2 atom stereocenters. The number of hydrogen-bond acceptors (Lipinski definition) is 5. The molecule has 4 rings (SSSR count). The standard InChI is InChI=1S/C27H32N2O6/c1-27(25(31)32)13-6-11-23(27)29-24(30)12-15-34-16-14-28-26(33)35-17-22-20-9-4-2-7-18(20)19-8-3-5-10-21(19)22/h2-5,7-10,22-23H,6,11-17H2,1H3,(H,28,33)(H,29,30)(H,31,32). The predicted molar refractivity (Wildman–Crippen MR) is 130 cm³/mol. The largest absolute Gasteiger partial charge is 0.481 e. The zero-order valence-electron chi connectivity index (χ0n) is 19.9. The summed E-state index contributed by atoms with van der Waals surface area (Å²) in [6.07, 6.45) is 1.63. The lowest BCUT2D eigenvalue weighted by atomic mass is 9.85. The number of aliphatic carboxylic acids is 1. The lowest BCUT2D eigenvalue weighted by Crippen LogP contribution is -2.47. The highest BCUT2D eigenvalue weighted by Crippen LogP contribution is 2.44. The van der Waals surface area contributed by atoms with Gasteiger partial charge in [0.05, 0.1) is 18.6 Å². The van der Waals surface area contributed by atoms with Crippen molar-refractivity contribution in [2.45, 2.75) is 44.6 Å². The number of carbonyl (C=O) groups is 3. The maximum absolute atomic E-state index is 12.2. The zero-order chi connectivity index (χ0) is 24.8. The predicted octanol–water partition coefficient (Wildman–Crippen LogP) is 3.69. The van der Waals surface area contributed by atoms with E-state index in [9.17, 15) is 19.5 Å². The molecule has 35 heavy (non-hydrogen) atoms. The van der Waals surface area contributed by atoms with Gasteiger partial charge in [-0.05, 0) is 42.0 Å². The van der Waals surface area contributed by atoms with Crippen molar-refractivity contribution >= 4 is 18.0 Å². The molecule has 8 nitrogen and oxygen atoms in total. The van der Waals surface area contributed by atoms with Crippen LogP contribution in [0.15, 0.2) is 48.5 Å². The SMILES string of the molecule is CC1(C(=O)O)CCCC1NC(=O)CCOCCNC(=O)OCC1c2ccccc2-c2ccccc21. The molecule has 2 amide bonds. The molecule has 0 radical (unpaired) electrons. The Morgan fingerprint density at radius 1 is 1.03 bits per heavy atom. The van der Waals surface area contributed by atoms with Crippen LogP contribution < -0.4 is 10.6 Å². The van der Waals surface area contributed by atoms with Crippen LogP contribution in [0.25, 0.3) is 11.1 Å². The number of alkyl carbamates (subject to hydrolysis) is 1. The van der Waals surface area contributed by atoms with Crippen molar-refractivity contribution in [3.8, 4) is 11.1 Å². The van der Waals surface area contributed by atoms with Gasteiger partial charge in [-0.3, -0.25) is 9.59 Å². The van der Waals surface area contributed by atoms with E-state index in [1.807, 2.05) is 24.3 Å². The first-order chi connectivity index (χ1) is 16.9. The van der Waals surface area contributed by atoms with Crippen molar-refractivity contribution in [3.05, 3.63) is 59.7 Å². The summed E-state index contributed by atoms with van der Waals surface area (Å²) in [5, 5.41) is 14.9. The Kier molecular flexibility index (Phi) is 7.70. The number of carbonyl (C=O) groups excluding carboxylic acids is 2. The summed E-state index contributed by atoms with van der Waals surface area (Å²) in [7, 11) is 0. The molecule has 2 aromatic rings. The molecule has 2 aromatic carbocycles. The highest BCUT2D eigenvalue weighted by molar-refractivity contribution is 5.80. The molecule has 1 fully saturated rings. The minimum absolute atomic E-state index is 0.00534. The summed E-state index contributed by atoms with van der Waals surface area (Å²) < 4.78 is 10.9. The Morgan fingerprint density at radius 2 is 1.69 bits per heavy atom. The van der Waals surface area contributed by atoms with Crippen LogP contribution in [-0.4, -0.2) is 55.5 Å². The van der Waals surface area contributed by atoms with E-state index in [4.69, 9.17) is 9.47 Å². The molecule has 2 aliphatic carbocycles. The number of ether oxygens (including phenoxy) is 2. The molecule has 0 heterocycles. The third-order valence-corrected chi connectivity index (χ3v) is 7.11. The highest BCUT2D eigenvalue weighted by atomic mass is 16.5. The Morgan fingerprint density at radius 3 is 2.34 bits per heavy atom. The van der Waals surface area contributed by atoms with Gasteiger partial charge in [-0.1, -0.05) is 55.0 Å². The van der Waals surface area contributed by atoms with Gasteiger partial charge in [-0.25, -0.2) is 4.79 Å². The zero-order valence-corrected chi connectivity index (χ0v) is 19.9. The van der Waals surface area contributed by atoms with Crippen LogP contribution in [0.5, 0.6) is 0 Å². The third-order valence-electron chi connectivity index (χ3n) is 7.11. The Balaban J connectivity index is 1.13. The summed E-state index contributed by atoms with van der Waals surface area (Å²) in [5.41, 5.74) is 3.75. The fourth-order valence-electron chi connectivity index (χ4n) is 5.06. The normalized spacial score (nSPS) is 20.7.